The normalized spacial score (nSPS) is 13.6. The number of fused-ring (bicyclic) bond motifs is 13. The number of hydrogen-bond donors (Lipinski definition) is 0. The van der Waals surface area contributed by atoms with E-state index in [1.165, 1.54) is 105 Å². The minimum Gasteiger partial charge on any atom is -0.872 e. The van der Waals surface area contributed by atoms with E-state index in [1.54, 1.807) is 36.4 Å². The second-order valence-electron chi connectivity index (χ2n) is 11.8. The molecule has 0 N–H and O–H groups in total. The standard InChI is InChI=1S/C29H17.3C6H6O.Ti/c1-3-13-22-18(9-1)20-11-5-7-15-24(20)28-26(22)17-27-23-14-4-2-10-19(23)21-12-6-8-16-25(21)29(27)28;3*7-6-4-2-1-3-5-6;/h1-17H;3*1-5,7H;/q;;;;+4/p-3. The summed E-state index contributed by atoms with van der Waals surface area (Å²) in [5.74, 6) is 5.70. The van der Waals surface area contributed by atoms with Crippen molar-refractivity contribution in [3.05, 3.63) is 240 Å². The fourth-order valence-electron chi connectivity index (χ4n) is 6.58. The maximum Gasteiger partial charge on any atom is 4.00 e. The Labute approximate surface area is 315 Å². The summed E-state index contributed by atoms with van der Waals surface area (Å²) in [4.78, 5) is 0. The summed E-state index contributed by atoms with van der Waals surface area (Å²) in [7, 11) is 0. The van der Waals surface area contributed by atoms with Gasteiger partial charge in [0, 0.05) is 23.7 Å². The molecule has 7 aromatic rings. The molecule has 0 aliphatic heterocycles. The Balaban J connectivity index is 0.000000165. The molecule has 7 aromatic carbocycles. The number of rotatable bonds is 0. The summed E-state index contributed by atoms with van der Waals surface area (Å²) >= 11 is 0. The second kappa shape index (κ2) is 16.6. The third kappa shape index (κ3) is 7.71. The zero-order valence-corrected chi connectivity index (χ0v) is 29.3. The van der Waals surface area contributed by atoms with Crippen LogP contribution >= 0.6 is 0 Å². The fraction of sp³-hybridized carbons (Fsp3) is 0. The molecular weight excluding hydrogens is 660 g/mol. The van der Waals surface area contributed by atoms with Gasteiger partial charge in [0.2, 0.25) is 0 Å². The van der Waals surface area contributed by atoms with Gasteiger partial charge in [-0.05, 0) is 50.9 Å². The molecule has 0 saturated heterocycles. The van der Waals surface area contributed by atoms with Crippen molar-refractivity contribution >= 4 is 0 Å². The zero-order valence-electron chi connectivity index (χ0n) is 27.7. The van der Waals surface area contributed by atoms with Crippen molar-refractivity contribution in [2.45, 2.75) is 0 Å². The SMILES string of the molecule is [CH]1[C]2[C]([C]3[C]1c1ccccc1-c1ccccc13)c1ccccc1-c1ccccc12.[O-]c1ccccc1.[O-]c1ccccc1.[O-]c1ccccc1.[Ti+4]. The second-order valence-corrected chi connectivity index (χ2v) is 11.8. The van der Waals surface area contributed by atoms with Crippen LogP contribution in [0.1, 0.15) is 22.3 Å². The summed E-state index contributed by atoms with van der Waals surface area (Å²) in [5, 5.41) is 30.8. The first-order valence-corrected chi connectivity index (χ1v) is 16.5. The van der Waals surface area contributed by atoms with E-state index >= 15 is 0 Å². The Morgan fingerprint density at radius 3 is 0.706 bits per heavy atom. The molecule has 3 nitrogen and oxygen atoms in total. The van der Waals surface area contributed by atoms with Gasteiger partial charge in [0.05, 0.1) is 0 Å². The van der Waals surface area contributed by atoms with Crippen molar-refractivity contribution in [2.75, 3.05) is 0 Å². The Hall–Kier alpha value is -5.35. The molecule has 51 heavy (non-hydrogen) atoms. The van der Waals surface area contributed by atoms with Crippen molar-refractivity contribution in [1.82, 2.24) is 0 Å². The van der Waals surface area contributed by atoms with E-state index < -0.39 is 0 Å². The molecule has 0 aromatic heterocycles. The molecule has 0 heterocycles. The molecule has 1 fully saturated rings. The van der Waals surface area contributed by atoms with E-state index in [2.05, 4.69) is 103 Å². The summed E-state index contributed by atoms with van der Waals surface area (Å²) in [6, 6.07) is 60.4. The van der Waals surface area contributed by atoms with Gasteiger partial charge in [0.25, 0.3) is 0 Å². The minimum atomic E-state index is 0. The topological polar surface area (TPSA) is 69.2 Å². The van der Waals surface area contributed by atoms with Crippen molar-refractivity contribution < 1.29 is 37.0 Å². The van der Waals surface area contributed by atoms with Crippen LogP contribution in [-0.4, -0.2) is 0 Å². The molecule has 1 saturated carbocycles. The molecule has 4 heteroatoms. The summed E-state index contributed by atoms with van der Waals surface area (Å²) in [6.45, 7) is 0. The van der Waals surface area contributed by atoms with Crippen LogP contribution in [0.15, 0.2) is 188 Å². The summed E-state index contributed by atoms with van der Waals surface area (Å²) in [5.41, 5.74) is 10.7. The Morgan fingerprint density at radius 1 is 0.235 bits per heavy atom. The molecule has 0 unspecified atom stereocenters. The number of hydrogen-bond acceptors (Lipinski definition) is 3. The van der Waals surface area contributed by atoms with Gasteiger partial charge < -0.3 is 15.3 Å². The Kier molecular flexibility index (Phi) is 11.5. The predicted octanol–water partition coefficient (Wildman–Crippen LogP) is 8.93. The largest absolute Gasteiger partial charge is 4.00 e. The third-order valence-corrected chi connectivity index (χ3v) is 8.71. The van der Waals surface area contributed by atoms with Crippen molar-refractivity contribution in [3.63, 3.8) is 0 Å². The summed E-state index contributed by atoms with van der Waals surface area (Å²) in [6.07, 6.45) is 2.42. The van der Waals surface area contributed by atoms with Crippen LogP contribution in [0.25, 0.3) is 22.3 Å². The first kappa shape index (κ1) is 35.5. The van der Waals surface area contributed by atoms with Crippen LogP contribution in [0.4, 0.5) is 0 Å². The van der Waals surface area contributed by atoms with Gasteiger partial charge in [0.1, 0.15) is 0 Å². The molecule has 3 aliphatic carbocycles. The molecule has 0 bridgehead atoms. The molecule has 241 valence electrons. The maximum absolute atomic E-state index is 10.3. The molecule has 10 rings (SSSR count). The van der Waals surface area contributed by atoms with Gasteiger partial charge in [0.15, 0.2) is 0 Å². The zero-order chi connectivity index (χ0) is 34.3. The fourth-order valence-corrected chi connectivity index (χ4v) is 6.58. The smallest absolute Gasteiger partial charge is 0.872 e. The Morgan fingerprint density at radius 2 is 0.451 bits per heavy atom. The van der Waals surface area contributed by atoms with Crippen LogP contribution in [0.3, 0.4) is 0 Å². The van der Waals surface area contributed by atoms with E-state index in [0.717, 1.165) is 0 Å². The predicted molar refractivity (Wildman–Crippen MR) is 195 cm³/mol. The monoisotopic (exact) mass is 692 g/mol. The van der Waals surface area contributed by atoms with Gasteiger partial charge in [-0.2, -0.15) is 0 Å². The molecule has 0 spiro atoms. The quantitative estimate of drug-likeness (QED) is 0.149. The van der Waals surface area contributed by atoms with Crippen molar-refractivity contribution in [3.8, 4) is 39.5 Å². The number of benzene rings is 7. The van der Waals surface area contributed by atoms with E-state index in [-0.39, 0.29) is 39.0 Å². The summed E-state index contributed by atoms with van der Waals surface area (Å²) < 4.78 is 0. The molecule has 3 aliphatic rings. The van der Waals surface area contributed by atoms with Crippen LogP contribution in [0.5, 0.6) is 17.2 Å². The van der Waals surface area contributed by atoms with Crippen LogP contribution in [-0.2, 0) is 21.7 Å². The van der Waals surface area contributed by atoms with Gasteiger partial charge >= 0.3 is 21.7 Å². The molecule has 0 amide bonds. The third-order valence-electron chi connectivity index (χ3n) is 8.71. The molecule has 5 radical (unpaired) electrons. The maximum atomic E-state index is 10.3. The van der Waals surface area contributed by atoms with E-state index in [4.69, 9.17) is 0 Å². The van der Waals surface area contributed by atoms with Gasteiger partial charge in [-0.1, -0.05) is 188 Å². The van der Waals surface area contributed by atoms with E-state index in [9.17, 15) is 15.3 Å². The van der Waals surface area contributed by atoms with Crippen LogP contribution in [0, 0.1) is 30.1 Å². The van der Waals surface area contributed by atoms with E-state index in [0.29, 0.717) is 0 Å². The molecule has 0 atom stereocenters. The average molecular weight is 693 g/mol. The van der Waals surface area contributed by atoms with Crippen molar-refractivity contribution in [1.29, 1.82) is 0 Å². The van der Waals surface area contributed by atoms with Gasteiger partial charge in [-0.25, -0.2) is 0 Å². The minimum absolute atomic E-state index is 0. The van der Waals surface area contributed by atoms with Gasteiger partial charge in [-0.15, -0.1) is 17.2 Å². The number of para-hydroxylation sites is 3. The average Bonchev–Trinajstić information content (AvgIpc) is 3.59. The first-order chi connectivity index (χ1) is 24.6. The molecular formula is C47H32O3Ti+. The van der Waals surface area contributed by atoms with Crippen LogP contribution in [0.2, 0.25) is 0 Å². The van der Waals surface area contributed by atoms with Crippen molar-refractivity contribution in [2.24, 2.45) is 0 Å². The van der Waals surface area contributed by atoms with Gasteiger partial charge in [-0.3, -0.25) is 0 Å². The first-order valence-electron chi connectivity index (χ1n) is 16.5. The Bertz CT molecular complexity index is 1960. The van der Waals surface area contributed by atoms with Crippen LogP contribution < -0.4 is 15.3 Å². The van der Waals surface area contributed by atoms with E-state index in [1.807, 2.05) is 18.2 Å².